The molecule has 1 aliphatic rings. The van der Waals surface area contributed by atoms with Crippen LogP contribution in [-0.2, 0) is 6.18 Å². The number of ether oxygens (including phenoxy) is 1. The summed E-state index contributed by atoms with van der Waals surface area (Å²) in [5, 5.41) is 8.03. The van der Waals surface area contributed by atoms with Crippen LogP contribution in [0.3, 0.4) is 0 Å². The van der Waals surface area contributed by atoms with Gasteiger partial charge in [-0.2, -0.15) is 18.3 Å². The molecule has 1 aromatic carbocycles. The number of nitrogens with one attached hydrogen (secondary N) is 2. The molecular weight excluding hydrogens is 401 g/mol. The zero-order valence-electron chi connectivity index (χ0n) is 15.7. The van der Waals surface area contributed by atoms with E-state index in [0.29, 0.717) is 54.2 Å². The lowest BCUT2D eigenvalue weighted by Gasteiger charge is -2.29. The van der Waals surface area contributed by atoms with Crippen molar-refractivity contribution in [2.75, 3.05) is 5.73 Å². The van der Waals surface area contributed by atoms with Gasteiger partial charge in [-0.3, -0.25) is 14.9 Å². The fraction of sp³-hybridized carbons (Fsp3) is 0.368. The number of aromatic nitrogens is 4. The smallest absolute Gasteiger partial charge is 0.432 e. The van der Waals surface area contributed by atoms with Gasteiger partial charge < -0.3 is 15.8 Å². The molecule has 2 aromatic heterocycles. The van der Waals surface area contributed by atoms with E-state index in [1.165, 1.54) is 0 Å². The Labute approximate surface area is 169 Å². The van der Waals surface area contributed by atoms with Crippen molar-refractivity contribution in [3.63, 3.8) is 0 Å². The van der Waals surface area contributed by atoms with Crippen LogP contribution in [0.1, 0.15) is 41.9 Å². The second-order valence-electron chi connectivity index (χ2n) is 7.17. The van der Waals surface area contributed by atoms with Gasteiger partial charge in [0, 0.05) is 36.3 Å². The van der Waals surface area contributed by atoms with Gasteiger partial charge in [-0.05, 0) is 31.7 Å². The second-order valence-corrected chi connectivity index (χ2v) is 7.17. The minimum absolute atomic E-state index is 0.0904. The summed E-state index contributed by atoms with van der Waals surface area (Å²) in [6.45, 7) is 0. The minimum Gasteiger partial charge on any atom is -0.488 e. The van der Waals surface area contributed by atoms with Gasteiger partial charge in [0.15, 0.2) is 5.69 Å². The first kappa shape index (κ1) is 19.9. The summed E-state index contributed by atoms with van der Waals surface area (Å²) in [7, 11) is 0. The Morgan fingerprint density at radius 2 is 1.87 bits per heavy atom. The number of nitrogens with two attached hydrogens (primary N) is 1. The van der Waals surface area contributed by atoms with Crippen molar-refractivity contribution in [3.8, 4) is 5.75 Å². The molecule has 0 spiro atoms. The third-order valence-electron chi connectivity index (χ3n) is 4.98. The van der Waals surface area contributed by atoms with Crippen molar-refractivity contribution in [1.29, 1.82) is 0 Å². The molecule has 1 aliphatic carbocycles. The maximum atomic E-state index is 12.6. The zero-order chi connectivity index (χ0) is 21.3. The van der Waals surface area contributed by atoms with E-state index in [9.17, 15) is 18.0 Å². The lowest BCUT2D eigenvalue weighted by atomic mass is 9.92. The van der Waals surface area contributed by atoms with Gasteiger partial charge in [-0.25, -0.2) is 4.98 Å². The van der Waals surface area contributed by atoms with Crippen LogP contribution in [0.25, 0.3) is 11.0 Å². The first-order valence-electron chi connectivity index (χ1n) is 9.40. The summed E-state index contributed by atoms with van der Waals surface area (Å²) < 4.78 is 44.0. The third kappa shape index (κ3) is 4.29. The highest BCUT2D eigenvalue weighted by molar-refractivity contribution is 5.92. The number of H-pyrrole nitrogens is 1. The average molecular weight is 420 g/mol. The number of aromatic amines is 1. The van der Waals surface area contributed by atoms with Gasteiger partial charge in [-0.1, -0.05) is 0 Å². The first-order valence-corrected chi connectivity index (χ1v) is 9.40. The molecule has 11 heteroatoms. The van der Waals surface area contributed by atoms with E-state index in [1.54, 1.807) is 24.5 Å². The van der Waals surface area contributed by atoms with Crippen LogP contribution < -0.4 is 15.8 Å². The quantitative estimate of drug-likeness (QED) is 0.558. The Morgan fingerprint density at radius 1 is 1.13 bits per heavy atom. The fourth-order valence-corrected chi connectivity index (χ4v) is 3.50. The number of nitrogen functional groups attached to an aromatic ring is 1. The first-order chi connectivity index (χ1) is 14.3. The number of alkyl halides is 3. The number of rotatable bonds is 4. The molecule has 8 nitrogen and oxygen atoms in total. The molecular formula is C19H19F3N6O2. The molecule has 0 aliphatic heterocycles. The molecule has 0 unspecified atom stereocenters. The Balaban J connectivity index is 1.34. The van der Waals surface area contributed by atoms with Crippen LogP contribution in [0.2, 0.25) is 0 Å². The summed E-state index contributed by atoms with van der Waals surface area (Å²) >= 11 is 0. The normalized spacial score (nSPS) is 19.6. The Kier molecular flexibility index (Phi) is 5.18. The number of benzene rings is 1. The van der Waals surface area contributed by atoms with E-state index in [4.69, 9.17) is 10.5 Å². The molecule has 1 fully saturated rings. The van der Waals surface area contributed by atoms with E-state index >= 15 is 0 Å². The highest BCUT2D eigenvalue weighted by Gasteiger charge is 2.34. The standard InChI is InChI=1S/C19H19F3N6O2/c20-19(21,22)16-9-14(27-28-16)18(29)26-11-1-3-12(4-2-11)30-15-8-10(23)7-13-17(15)25-6-5-24-13/h5-9,11-12H,1-4,23H2,(H,26,29)(H,27,28). The topological polar surface area (TPSA) is 119 Å². The molecule has 0 atom stereocenters. The summed E-state index contributed by atoms with van der Waals surface area (Å²) in [4.78, 5) is 20.7. The van der Waals surface area contributed by atoms with E-state index in [2.05, 4.69) is 20.4 Å². The van der Waals surface area contributed by atoms with E-state index in [0.717, 1.165) is 0 Å². The number of carbonyl (C=O) groups is 1. The van der Waals surface area contributed by atoms with E-state index in [-0.39, 0.29) is 17.8 Å². The van der Waals surface area contributed by atoms with Gasteiger partial charge in [-0.15, -0.1) is 0 Å². The molecule has 4 N–H and O–H groups in total. The van der Waals surface area contributed by atoms with Gasteiger partial charge in [0.05, 0.1) is 11.6 Å². The largest absolute Gasteiger partial charge is 0.488 e. The molecule has 0 radical (unpaired) electrons. The molecule has 3 aromatic rings. The summed E-state index contributed by atoms with van der Waals surface area (Å²) in [5.74, 6) is -0.0787. The van der Waals surface area contributed by atoms with Crippen molar-refractivity contribution in [3.05, 3.63) is 42.0 Å². The maximum absolute atomic E-state index is 12.6. The van der Waals surface area contributed by atoms with Gasteiger partial charge >= 0.3 is 6.18 Å². The van der Waals surface area contributed by atoms with Gasteiger partial charge in [0.1, 0.15) is 17.0 Å². The minimum atomic E-state index is -4.57. The number of nitrogens with zero attached hydrogens (tertiary/aromatic N) is 3. The van der Waals surface area contributed by atoms with Crippen LogP contribution in [0.5, 0.6) is 5.75 Å². The highest BCUT2D eigenvalue weighted by Crippen LogP contribution is 2.30. The van der Waals surface area contributed by atoms with Crippen molar-refractivity contribution in [2.45, 2.75) is 44.0 Å². The lowest BCUT2D eigenvalue weighted by molar-refractivity contribution is -0.141. The number of halogens is 3. The van der Waals surface area contributed by atoms with Crippen molar-refractivity contribution in [2.24, 2.45) is 0 Å². The molecule has 2 heterocycles. The van der Waals surface area contributed by atoms with Crippen molar-refractivity contribution < 1.29 is 22.7 Å². The summed E-state index contributed by atoms with van der Waals surface area (Å²) in [5.41, 5.74) is 6.37. The van der Waals surface area contributed by atoms with Crippen LogP contribution >= 0.6 is 0 Å². The monoisotopic (exact) mass is 420 g/mol. The molecule has 1 amide bonds. The number of hydrogen-bond acceptors (Lipinski definition) is 6. The van der Waals surface area contributed by atoms with E-state index in [1.807, 2.05) is 5.10 Å². The summed E-state index contributed by atoms with van der Waals surface area (Å²) in [6, 6.07) is 3.97. The fourth-order valence-electron chi connectivity index (χ4n) is 3.50. The van der Waals surface area contributed by atoms with Crippen LogP contribution in [0, 0.1) is 0 Å². The Bertz CT molecular complexity index is 1060. The number of fused-ring (bicyclic) bond motifs is 1. The molecule has 158 valence electrons. The predicted octanol–water partition coefficient (Wildman–Crippen LogP) is 3.07. The van der Waals surface area contributed by atoms with Crippen LogP contribution in [-0.4, -0.2) is 38.2 Å². The molecule has 30 heavy (non-hydrogen) atoms. The maximum Gasteiger partial charge on any atom is 0.432 e. The third-order valence-corrected chi connectivity index (χ3v) is 4.98. The second kappa shape index (κ2) is 7.81. The zero-order valence-corrected chi connectivity index (χ0v) is 15.7. The highest BCUT2D eigenvalue weighted by atomic mass is 19.4. The van der Waals surface area contributed by atoms with Crippen LogP contribution in [0.4, 0.5) is 18.9 Å². The Hall–Kier alpha value is -3.37. The number of hydrogen-bond donors (Lipinski definition) is 3. The molecule has 0 saturated heterocycles. The average Bonchev–Trinajstić information content (AvgIpc) is 3.20. The van der Waals surface area contributed by atoms with Crippen molar-refractivity contribution in [1.82, 2.24) is 25.5 Å². The molecule has 4 rings (SSSR count). The molecule has 1 saturated carbocycles. The van der Waals surface area contributed by atoms with Gasteiger partial charge in [0.25, 0.3) is 5.91 Å². The predicted molar refractivity (Wildman–Crippen MR) is 102 cm³/mol. The summed E-state index contributed by atoms with van der Waals surface area (Å²) in [6.07, 6.45) is 1.07. The Morgan fingerprint density at radius 3 is 2.57 bits per heavy atom. The lowest BCUT2D eigenvalue weighted by Crippen LogP contribution is -2.39. The van der Waals surface area contributed by atoms with Gasteiger partial charge in [0.2, 0.25) is 0 Å². The molecule has 0 bridgehead atoms. The van der Waals surface area contributed by atoms with E-state index < -0.39 is 17.8 Å². The van der Waals surface area contributed by atoms with Crippen LogP contribution in [0.15, 0.2) is 30.6 Å². The number of amides is 1. The number of anilines is 1. The van der Waals surface area contributed by atoms with Crippen molar-refractivity contribution >= 4 is 22.6 Å². The number of carbonyl (C=O) groups excluding carboxylic acids is 1. The SMILES string of the molecule is Nc1cc(OC2CCC(NC(=O)c3cc(C(F)(F)F)[nH]n3)CC2)c2nccnc2c1.